The molecule has 0 aliphatic carbocycles. The van der Waals surface area contributed by atoms with Crippen molar-refractivity contribution in [2.45, 2.75) is 19.5 Å². The fourth-order valence-electron chi connectivity index (χ4n) is 2.34. The number of amides is 1. The summed E-state index contributed by atoms with van der Waals surface area (Å²) in [7, 11) is 0. The molecule has 0 aliphatic heterocycles. The molecule has 0 unspecified atom stereocenters. The lowest BCUT2D eigenvalue weighted by Crippen LogP contribution is -2.20. The van der Waals surface area contributed by atoms with Gasteiger partial charge in [-0.25, -0.2) is 0 Å². The van der Waals surface area contributed by atoms with Crippen molar-refractivity contribution in [2.75, 3.05) is 11.9 Å². The first-order valence-corrected chi connectivity index (χ1v) is 8.86. The highest BCUT2D eigenvalue weighted by Crippen LogP contribution is 2.33. The van der Waals surface area contributed by atoms with Crippen LogP contribution in [0.25, 0.3) is 11.5 Å². The summed E-state index contributed by atoms with van der Waals surface area (Å²) in [5.41, 5.74) is -0.376. The number of hydrogen-bond acceptors (Lipinski definition) is 5. The molecule has 10 heteroatoms. The summed E-state index contributed by atoms with van der Waals surface area (Å²) in [5.74, 6) is 0.615. The minimum absolute atomic E-state index is 0.0123. The molecule has 0 saturated heterocycles. The van der Waals surface area contributed by atoms with Crippen molar-refractivity contribution in [1.29, 1.82) is 0 Å². The van der Waals surface area contributed by atoms with E-state index in [0.29, 0.717) is 29.5 Å². The van der Waals surface area contributed by atoms with Crippen molar-refractivity contribution in [3.8, 4) is 17.2 Å². The average Bonchev–Trinajstić information content (AvgIpc) is 3.17. The zero-order chi connectivity index (χ0) is 21.0. The fraction of sp³-hybridized carbons (Fsp3) is 0.211. The van der Waals surface area contributed by atoms with Crippen molar-refractivity contribution in [3.63, 3.8) is 0 Å². The summed E-state index contributed by atoms with van der Waals surface area (Å²) in [5, 5.41) is 10.1. The fourth-order valence-corrected chi connectivity index (χ4v) is 2.50. The molecular formula is C19H15ClF3N3O3. The summed E-state index contributed by atoms with van der Waals surface area (Å²) >= 11 is 5.85. The number of aromatic nitrogens is 2. The zero-order valence-electron chi connectivity index (χ0n) is 15.1. The molecule has 3 rings (SSSR count). The van der Waals surface area contributed by atoms with Crippen LogP contribution in [-0.4, -0.2) is 22.7 Å². The largest absolute Gasteiger partial charge is 0.484 e. The predicted octanol–water partition coefficient (Wildman–Crippen LogP) is 4.99. The maximum Gasteiger partial charge on any atom is 0.416 e. The highest BCUT2D eigenvalue weighted by atomic mass is 35.5. The molecule has 29 heavy (non-hydrogen) atoms. The van der Waals surface area contributed by atoms with Crippen molar-refractivity contribution < 1.29 is 27.1 Å². The Balaban J connectivity index is 1.59. The van der Waals surface area contributed by atoms with Gasteiger partial charge in [0, 0.05) is 12.0 Å². The van der Waals surface area contributed by atoms with Crippen LogP contribution in [0.4, 0.5) is 18.9 Å². The van der Waals surface area contributed by atoms with Gasteiger partial charge in [-0.1, -0.05) is 18.5 Å². The van der Waals surface area contributed by atoms with E-state index in [1.807, 2.05) is 6.92 Å². The molecule has 0 aliphatic rings. The number of anilines is 1. The second-order valence-electron chi connectivity index (χ2n) is 5.91. The van der Waals surface area contributed by atoms with E-state index >= 15 is 0 Å². The maximum absolute atomic E-state index is 12.8. The summed E-state index contributed by atoms with van der Waals surface area (Å²) < 4.78 is 49.2. The SMILES string of the molecule is CCc1nnc(-c2ccc(OCC(=O)Nc3cc(C(F)(F)F)ccc3Cl)cc2)o1. The number of carbonyl (C=O) groups is 1. The number of carbonyl (C=O) groups excluding carboxylic acids is 1. The second kappa shape index (κ2) is 8.52. The monoisotopic (exact) mass is 425 g/mol. The van der Waals surface area contributed by atoms with Gasteiger partial charge in [0.05, 0.1) is 16.3 Å². The van der Waals surface area contributed by atoms with Crippen LogP contribution >= 0.6 is 11.6 Å². The van der Waals surface area contributed by atoms with E-state index in [4.69, 9.17) is 20.8 Å². The molecule has 3 aromatic rings. The van der Waals surface area contributed by atoms with Gasteiger partial charge in [-0.3, -0.25) is 4.79 Å². The minimum Gasteiger partial charge on any atom is -0.484 e. The first kappa shape index (κ1) is 20.7. The number of aryl methyl sites for hydroxylation is 1. The molecule has 2 aromatic carbocycles. The number of hydrogen-bond donors (Lipinski definition) is 1. The van der Waals surface area contributed by atoms with Gasteiger partial charge in [-0.2, -0.15) is 13.2 Å². The third kappa shape index (κ3) is 5.26. The molecular weight excluding hydrogens is 411 g/mol. The van der Waals surface area contributed by atoms with Crippen LogP contribution in [0.2, 0.25) is 5.02 Å². The standard InChI is InChI=1S/C19H15ClF3N3O3/c1-2-17-25-26-18(29-17)11-3-6-13(7-4-11)28-10-16(27)24-15-9-12(19(21,22)23)5-8-14(15)20/h3-9H,2,10H2,1H3,(H,24,27). The van der Waals surface area contributed by atoms with Gasteiger partial charge >= 0.3 is 6.18 Å². The predicted molar refractivity (Wildman–Crippen MR) is 99.7 cm³/mol. The van der Waals surface area contributed by atoms with E-state index < -0.39 is 24.3 Å². The number of rotatable bonds is 6. The Morgan fingerprint density at radius 3 is 2.52 bits per heavy atom. The molecule has 0 radical (unpaired) electrons. The lowest BCUT2D eigenvalue weighted by molar-refractivity contribution is -0.137. The number of ether oxygens (including phenoxy) is 1. The van der Waals surface area contributed by atoms with Gasteiger partial charge in [-0.05, 0) is 42.5 Å². The normalized spacial score (nSPS) is 11.3. The number of nitrogens with one attached hydrogen (secondary N) is 1. The van der Waals surface area contributed by atoms with Crippen molar-refractivity contribution in [2.24, 2.45) is 0 Å². The van der Waals surface area contributed by atoms with E-state index in [9.17, 15) is 18.0 Å². The third-order valence-corrected chi connectivity index (χ3v) is 4.14. The van der Waals surface area contributed by atoms with Gasteiger partial charge in [0.2, 0.25) is 11.8 Å². The highest BCUT2D eigenvalue weighted by molar-refractivity contribution is 6.33. The number of nitrogens with zero attached hydrogens (tertiary/aromatic N) is 2. The quantitative estimate of drug-likeness (QED) is 0.602. The second-order valence-corrected chi connectivity index (χ2v) is 6.32. The molecule has 0 saturated carbocycles. The Bertz CT molecular complexity index is 1000. The zero-order valence-corrected chi connectivity index (χ0v) is 15.8. The van der Waals surface area contributed by atoms with Gasteiger partial charge in [-0.15, -0.1) is 10.2 Å². The molecule has 1 heterocycles. The van der Waals surface area contributed by atoms with Crippen LogP contribution in [0.15, 0.2) is 46.9 Å². The molecule has 1 amide bonds. The van der Waals surface area contributed by atoms with Gasteiger partial charge < -0.3 is 14.5 Å². The van der Waals surface area contributed by atoms with Crippen LogP contribution in [0.1, 0.15) is 18.4 Å². The van der Waals surface area contributed by atoms with Crippen molar-refractivity contribution in [1.82, 2.24) is 10.2 Å². The summed E-state index contributed by atoms with van der Waals surface area (Å²) in [6.45, 7) is 1.48. The summed E-state index contributed by atoms with van der Waals surface area (Å²) in [6, 6.07) is 9.26. The van der Waals surface area contributed by atoms with Crippen LogP contribution < -0.4 is 10.1 Å². The lowest BCUT2D eigenvalue weighted by atomic mass is 10.2. The van der Waals surface area contributed by atoms with Gasteiger partial charge in [0.1, 0.15) is 5.75 Å². The van der Waals surface area contributed by atoms with Crippen molar-refractivity contribution in [3.05, 3.63) is 58.9 Å². The van der Waals surface area contributed by atoms with E-state index in [1.165, 1.54) is 0 Å². The van der Waals surface area contributed by atoms with E-state index in [-0.39, 0.29) is 10.7 Å². The third-order valence-electron chi connectivity index (χ3n) is 3.81. The number of benzene rings is 2. The number of alkyl halides is 3. The van der Waals surface area contributed by atoms with Gasteiger partial charge in [0.15, 0.2) is 6.61 Å². The maximum atomic E-state index is 12.8. The first-order valence-electron chi connectivity index (χ1n) is 8.48. The Morgan fingerprint density at radius 1 is 1.17 bits per heavy atom. The number of halogens is 4. The van der Waals surface area contributed by atoms with E-state index in [2.05, 4.69) is 15.5 Å². The first-order chi connectivity index (χ1) is 13.8. The Morgan fingerprint density at radius 2 is 1.90 bits per heavy atom. The Labute approximate surface area is 168 Å². The molecule has 6 nitrogen and oxygen atoms in total. The van der Waals surface area contributed by atoms with Crippen LogP contribution in [0, 0.1) is 0 Å². The smallest absolute Gasteiger partial charge is 0.416 e. The average molecular weight is 426 g/mol. The molecule has 0 spiro atoms. The highest BCUT2D eigenvalue weighted by Gasteiger charge is 2.31. The topological polar surface area (TPSA) is 77.2 Å². The lowest BCUT2D eigenvalue weighted by Gasteiger charge is -2.12. The van der Waals surface area contributed by atoms with Crippen LogP contribution in [0.3, 0.4) is 0 Å². The molecule has 1 aromatic heterocycles. The van der Waals surface area contributed by atoms with Crippen molar-refractivity contribution >= 4 is 23.2 Å². The summed E-state index contributed by atoms with van der Waals surface area (Å²) in [4.78, 5) is 12.0. The van der Waals surface area contributed by atoms with E-state index in [0.717, 1.165) is 18.2 Å². The molecule has 0 fully saturated rings. The van der Waals surface area contributed by atoms with Crippen LogP contribution in [-0.2, 0) is 17.4 Å². The minimum atomic E-state index is -4.54. The molecule has 1 N–H and O–H groups in total. The summed E-state index contributed by atoms with van der Waals surface area (Å²) in [6.07, 6.45) is -3.92. The van der Waals surface area contributed by atoms with Crippen LogP contribution in [0.5, 0.6) is 5.75 Å². The molecule has 152 valence electrons. The Hall–Kier alpha value is -3.07. The van der Waals surface area contributed by atoms with E-state index in [1.54, 1.807) is 24.3 Å². The molecule has 0 atom stereocenters. The molecule has 0 bridgehead atoms. The van der Waals surface area contributed by atoms with Gasteiger partial charge in [0.25, 0.3) is 5.91 Å². The Kier molecular flexibility index (Phi) is 6.07.